The molecule has 0 aromatic heterocycles. The normalized spacial score (nSPS) is 18.7. The van der Waals surface area contributed by atoms with Crippen LogP contribution in [0.25, 0.3) is 0 Å². The number of hydrogen-bond acceptors (Lipinski definition) is 3. The van der Waals surface area contributed by atoms with Crippen LogP contribution in [0, 0.1) is 19.8 Å². The van der Waals surface area contributed by atoms with Gasteiger partial charge in [0.1, 0.15) is 0 Å². The highest BCUT2D eigenvalue weighted by Crippen LogP contribution is 2.19. The first-order valence-corrected chi connectivity index (χ1v) is 7.32. The minimum atomic E-state index is -0.917. The number of likely N-dealkylation sites (tertiary alicyclic amines) is 1. The number of hydrogen-bond donors (Lipinski definition) is 2. The highest BCUT2D eigenvalue weighted by atomic mass is 16.2. The number of nitrogens with one attached hydrogen (secondary N) is 1. The van der Waals surface area contributed by atoms with Crippen molar-refractivity contribution < 1.29 is 9.59 Å². The molecule has 0 aliphatic carbocycles. The van der Waals surface area contributed by atoms with Crippen LogP contribution in [0.2, 0.25) is 0 Å². The van der Waals surface area contributed by atoms with Crippen LogP contribution in [-0.4, -0.2) is 36.3 Å². The van der Waals surface area contributed by atoms with Crippen molar-refractivity contribution in [3.63, 3.8) is 0 Å². The summed E-state index contributed by atoms with van der Waals surface area (Å²) in [7, 11) is 0. The first-order valence-electron chi connectivity index (χ1n) is 7.32. The van der Waals surface area contributed by atoms with E-state index < -0.39 is 11.8 Å². The second-order valence-corrected chi connectivity index (χ2v) is 5.88. The quantitative estimate of drug-likeness (QED) is 0.802. The summed E-state index contributed by atoms with van der Waals surface area (Å²) in [6.07, 6.45) is 1.03. The minimum absolute atomic E-state index is 0.389. The van der Waals surface area contributed by atoms with E-state index in [1.807, 2.05) is 0 Å². The fourth-order valence-electron chi connectivity index (χ4n) is 2.71. The summed E-state index contributed by atoms with van der Waals surface area (Å²) in [6, 6.07) is 6.56. The molecule has 5 heteroatoms. The molecule has 0 saturated carbocycles. The summed E-state index contributed by atoms with van der Waals surface area (Å²) in [5.74, 6) is -1.22. The molecule has 2 rings (SSSR count). The van der Waals surface area contributed by atoms with Gasteiger partial charge < -0.3 is 11.1 Å². The Bertz CT molecular complexity index is 542. The van der Waals surface area contributed by atoms with E-state index in [1.54, 1.807) is 0 Å². The van der Waals surface area contributed by atoms with Crippen molar-refractivity contribution in [2.24, 2.45) is 11.7 Å². The predicted molar refractivity (Wildman–Crippen MR) is 81.5 cm³/mol. The van der Waals surface area contributed by atoms with Crippen molar-refractivity contribution in [1.29, 1.82) is 0 Å². The summed E-state index contributed by atoms with van der Waals surface area (Å²) >= 11 is 0. The molecule has 21 heavy (non-hydrogen) atoms. The van der Waals surface area contributed by atoms with Crippen molar-refractivity contribution in [3.8, 4) is 0 Å². The summed E-state index contributed by atoms with van der Waals surface area (Å²) < 4.78 is 0. The topological polar surface area (TPSA) is 75.4 Å². The average molecular weight is 289 g/mol. The first-order chi connectivity index (χ1) is 9.95. The molecule has 1 aliphatic heterocycles. The second kappa shape index (κ2) is 6.72. The molecule has 114 valence electrons. The van der Waals surface area contributed by atoms with Crippen LogP contribution >= 0.6 is 0 Å². The molecule has 1 aromatic rings. The SMILES string of the molecule is Cc1ccc(CN2CC[C@H](CNC(=O)C(N)=O)C2)cc1C. The van der Waals surface area contributed by atoms with Crippen LogP contribution in [0.5, 0.6) is 0 Å². The molecule has 1 atom stereocenters. The van der Waals surface area contributed by atoms with E-state index in [0.717, 1.165) is 26.1 Å². The molecule has 0 spiro atoms. The van der Waals surface area contributed by atoms with Gasteiger partial charge in [-0.3, -0.25) is 14.5 Å². The summed E-state index contributed by atoms with van der Waals surface area (Å²) in [4.78, 5) is 24.2. The zero-order valence-electron chi connectivity index (χ0n) is 12.7. The average Bonchev–Trinajstić information content (AvgIpc) is 2.87. The third-order valence-electron chi connectivity index (χ3n) is 4.12. The Morgan fingerprint density at radius 1 is 1.33 bits per heavy atom. The number of carbonyl (C=O) groups excluding carboxylic acids is 2. The first kappa shape index (κ1) is 15.5. The summed E-state index contributed by atoms with van der Waals surface area (Å²) in [5.41, 5.74) is 8.86. The van der Waals surface area contributed by atoms with Crippen LogP contribution in [0.4, 0.5) is 0 Å². The third-order valence-corrected chi connectivity index (χ3v) is 4.12. The van der Waals surface area contributed by atoms with E-state index in [1.165, 1.54) is 16.7 Å². The van der Waals surface area contributed by atoms with Gasteiger partial charge in [0.05, 0.1) is 0 Å². The fraction of sp³-hybridized carbons (Fsp3) is 0.500. The molecular weight excluding hydrogens is 266 g/mol. The van der Waals surface area contributed by atoms with E-state index in [0.29, 0.717) is 12.5 Å². The third kappa shape index (κ3) is 4.29. The number of nitrogens with two attached hydrogens (primary N) is 1. The van der Waals surface area contributed by atoms with Gasteiger partial charge in [0.15, 0.2) is 0 Å². The lowest BCUT2D eigenvalue weighted by molar-refractivity contribution is -0.137. The Hall–Kier alpha value is -1.88. The zero-order valence-corrected chi connectivity index (χ0v) is 12.7. The molecule has 1 saturated heterocycles. The molecule has 2 amide bonds. The number of nitrogens with zero attached hydrogens (tertiary/aromatic N) is 1. The Kier molecular flexibility index (Phi) is 4.96. The molecular formula is C16H23N3O2. The van der Waals surface area contributed by atoms with Crippen molar-refractivity contribution in [3.05, 3.63) is 34.9 Å². The zero-order chi connectivity index (χ0) is 15.4. The minimum Gasteiger partial charge on any atom is -0.361 e. The van der Waals surface area contributed by atoms with Crippen LogP contribution in [0.1, 0.15) is 23.1 Å². The molecule has 1 aliphatic rings. The van der Waals surface area contributed by atoms with Crippen molar-refractivity contribution in [1.82, 2.24) is 10.2 Å². The van der Waals surface area contributed by atoms with Crippen molar-refractivity contribution in [2.75, 3.05) is 19.6 Å². The lowest BCUT2D eigenvalue weighted by Crippen LogP contribution is -2.39. The van der Waals surface area contributed by atoms with Gasteiger partial charge in [-0.25, -0.2) is 0 Å². The van der Waals surface area contributed by atoms with Gasteiger partial charge in [-0.05, 0) is 49.4 Å². The van der Waals surface area contributed by atoms with Gasteiger partial charge >= 0.3 is 11.8 Å². The number of rotatable bonds is 4. The fourth-order valence-corrected chi connectivity index (χ4v) is 2.71. The molecule has 1 heterocycles. The Balaban J connectivity index is 1.81. The highest BCUT2D eigenvalue weighted by Gasteiger charge is 2.23. The van der Waals surface area contributed by atoms with E-state index in [-0.39, 0.29) is 0 Å². The molecule has 0 unspecified atom stereocenters. The van der Waals surface area contributed by atoms with Gasteiger partial charge in [-0.15, -0.1) is 0 Å². The number of carbonyl (C=O) groups is 2. The van der Waals surface area contributed by atoms with Gasteiger partial charge in [0.2, 0.25) is 0 Å². The molecule has 0 bridgehead atoms. The number of benzene rings is 1. The maximum absolute atomic E-state index is 11.1. The van der Waals surface area contributed by atoms with Crippen LogP contribution < -0.4 is 11.1 Å². The second-order valence-electron chi connectivity index (χ2n) is 5.88. The smallest absolute Gasteiger partial charge is 0.309 e. The van der Waals surface area contributed by atoms with Crippen molar-refractivity contribution >= 4 is 11.8 Å². The van der Waals surface area contributed by atoms with Crippen LogP contribution in [0.3, 0.4) is 0 Å². The standard InChI is InChI=1S/C16H23N3O2/c1-11-3-4-13(7-12(11)2)9-19-6-5-14(10-19)8-18-16(21)15(17)20/h3-4,7,14H,5-6,8-10H2,1-2H3,(H2,17,20)(H,18,21)/t14-/m1/s1. The predicted octanol–water partition coefficient (Wildman–Crippen LogP) is 0.727. The Labute approximate surface area is 125 Å². The summed E-state index contributed by atoms with van der Waals surface area (Å²) in [6.45, 7) is 7.65. The molecule has 1 aromatic carbocycles. The van der Waals surface area contributed by atoms with E-state index >= 15 is 0 Å². The van der Waals surface area contributed by atoms with Gasteiger partial charge in [-0.2, -0.15) is 0 Å². The molecule has 3 N–H and O–H groups in total. The molecule has 5 nitrogen and oxygen atoms in total. The number of aryl methyl sites for hydroxylation is 2. The number of amides is 2. The lowest BCUT2D eigenvalue weighted by atomic mass is 10.1. The Morgan fingerprint density at radius 3 is 2.76 bits per heavy atom. The Morgan fingerprint density at radius 2 is 2.10 bits per heavy atom. The van der Waals surface area contributed by atoms with Gasteiger partial charge in [0, 0.05) is 19.6 Å². The van der Waals surface area contributed by atoms with Crippen LogP contribution in [-0.2, 0) is 16.1 Å². The van der Waals surface area contributed by atoms with Crippen LogP contribution in [0.15, 0.2) is 18.2 Å². The monoisotopic (exact) mass is 289 g/mol. The molecule has 0 radical (unpaired) electrons. The van der Waals surface area contributed by atoms with E-state index in [2.05, 4.69) is 42.3 Å². The maximum Gasteiger partial charge on any atom is 0.309 e. The van der Waals surface area contributed by atoms with Crippen molar-refractivity contribution in [2.45, 2.75) is 26.8 Å². The van der Waals surface area contributed by atoms with Gasteiger partial charge in [0.25, 0.3) is 0 Å². The highest BCUT2D eigenvalue weighted by molar-refractivity contribution is 6.34. The lowest BCUT2D eigenvalue weighted by Gasteiger charge is -2.17. The van der Waals surface area contributed by atoms with E-state index in [4.69, 9.17) is 5.73 Å². The number of primary amides is 1. The van der Waals surface area contributed by atoms with Gasteiger partial charge in [-0.1, -0.05) is 18.2 Å². The molecule has 1 fully saturated rings. The largest absolute Gasteiger partial charge is 0.361 e. The maximum atomic E-state index is 11.1. The van der Waals surface area contributed by atoms with E-state index in [9.17, 15) is 9.59 Å². The summed E-state index contributed by atoms with van der Waals surface area (Å²) in [5, 5.41) is 2.58.